The molecule has 108 valence electrons. The van der Waals surface area contributed by atoms with Crippen LogP contribution in [0.15, 0.2) is 0 Å². The molecule has 2 bridgehead atoms. The highest BCUT2D eigenvalue weighted by molar-refractivity contribution is 5.82. The van der Waals surface area contributed by atoms with Crippen molar-refractivity contribution >= 4 is 11.9 Å². The Kier molecular flexibility index (Phi) is 3.60. The highest BCUT2D eigenvalue weighted by atomic mass is 16.4. The Morgan fingerprint density at radius 1 is 1.32 bits per heavy atom. The number of rotatable bonds is 4. The van der Waals surface area contributed by atoms with Crippen LogP contribution in [-0.4, -0.2) is 47.6 Å². The SMILES string of the molecule is CC1(C)CC2CC(C)(CN2CC(=O)NCC(=O)O)C1. The fourth-order valence-electron chi connectivity index (χ4n) is 4.18. The van der Waals surface area contributed by atoms with Crippen LogP contribution in [0, 0.1) is 10.8 Å². The molecule has 0 radical (unpaired) electrons. The van der Waals surface area contributed by atoms with E-state index in [2.05, 4.69) is 31.0 Å². The molecule has 2 aliphatic rings. The third-order valence-corrected chi connectivity index (χ3v) is 4.31. The standard InChI is InChI=1S/C14H24N2O3/c1-13(2)4-10-5-14(3,8-13)9-16(10)7-11(17)15-6-12(18)19/h10H,4-9H2,1-3H3,(H,15,17)(H,18,19). The average Bonchev–Trinajstić information content (AvgIpc) is 2.44. The van der Waals surface area contributed by atoms with Gasteiger partial charge in [-0.1, -0.05) is 20.8 Å². The van der Waals surface area contributed by atoms with E-state index < -0.39 is 5.97 Å². The summed E-state index contributed by atoms with van der Waals surface area (Å²) < 4.78 is 0. The Labute approximate surface area is 114 Å². The lowest BCUT2D eigenvalue weighted by atomic mass is 9.65. The quantitative estimate of drug-likeness (QED) is 0.800. The molecule has 0 spiro atoms. The second-order valence-electron chi connectivity index (χ2n) is 7.29. The number of aliphatic carboxylic acids is 1. The van der Waals surface area contributed by atoms with Crippen molar-refractivity contribution in [3.63, 3.8) is 0 Å². The van der Waals surface area contributed by atoms with Crippen molar-refractivity contribution in [1.82, 2.24) is 10.2 Å². The number of carboxylic acids is 1. The van der Waals surface area contributed by atoms with E-state index in [9.17, 15) is 9.59 Å². The molecule has 2 fully saturated rings. The van der Waals surface area contributed by atoms with Gasteiger partial charge in [-0.2, -0.15) is 0 Å². The normalized spacial score (nSPS) is 33.1. The van der Waals surface area contributed by atoms with Crippen molar-refractivity contribution in [1.29, 1.82) is 0 Å². The van der Waals surface area contributed by atoms with Crippen LogP contribution in [0.4, 0.5) is 0 Å². The van der Waals surface area contributed by atoms with Gasteiger partial charge in [-0.15, -0.1) is 0 Å². The third-order valence-electron chi connectivity index (χ3n) is 4.31. The number of fused-ring (bicyclic) bond motifs is 2. The maximum Gasteiger partial charge on any atom is 0.322 e. The Bertz CT molecular complexity index is 394. The van der Waals surface area contributed by atoms with Gasteiger partial charge in [0.2, 0.25) is 5.91 Å². The molecule has 1 aliphatic heterocycles. The zero-order chi connectivity index (χ0) is 14.3. The Morgan fingerprint density at radius 3 is 2.63 bits per heavy atom. The zero-order valence-corrected chi connectivity index (χ0v) is 12.0. The van der Waals surface area contributed by atoms with E-state index in [1.807, 2.05) is 0 Å². The summed E-state index contributed by atoms with van der Waals surface area (Å²) in [6.07, 6.45) is 3.47. The minimum absolute atomic E-state index is 0.184. The van der Waals surface area contributed by atoms with Gasteiger partial charge in [0, 0.05) is 12.6 Å². The third kappa shape index (κ3) is 3.47. The molecule has 1 amide bonds. The van der Waals surface area contributed by atoms with Gasteiger partial charge in [-0.3, -0.25) is 14.5 Å². The molecule has 0 aromatic heterocycles. The number of hydrogen-bond acceptors (Lipinski definition) is 3. The minimum Gasteiger partial charge on any atom is -0.480 e. The predicted octanol–water partition coefficient (Wildman–Crippen LogP) is 1.09. The van der Waals surface area contributed by atoms with Crippen LogP contribution in [0.25, 0.3) is 0 Å². The Balaban J connectivity index is 1.93. The maximum atomic E-state index is 11.7. The first-order valence-corrected chi connectivity index (χ1v) is 6.92. The van der Waals surface area contributed by atoms with E-state index in [0.717, 1.165) is 19.4 Å². The van der Waals surface area contributed by atoms with Crippen molar-refractivity contribution < 1.29 is 14.7 Å². The average molecular weight is 268 g/mol. The monoisotopic (exact) mass is 268 g/mol. The van der Waals surface area contributed by atoms with Gasteiger partial charge in [-0.25, -0.2) is 0 Å². The molecule has 1 aliphatic carbocycles. The van der Waals surface area contributed by atoms with Crippen molar-refractivity contribution in [3.8, 4) is 0 Å². The lowest BCUT2D eigenvalue weighted by molar-refractivity contribution is -0.138. The molecule has 0 aromatic rings. The molecule has 1 heterocycles. The molecule has 2 N–H and O–H groups in total. The van der Waals surface area contributed by atoms with Crippen LogP contribution < -0.4 is 5.32 Å². The van der Waals surface area contributed by atoms with Crippen LogP contribution in [0.1, 0.15) is 40.0 Å². The molecular weight excluding hydrogens is 244 g/mol. The van der Waals surface area contributed by atoms with Crippen molar-refractivity contribution in [2.45, 2.75) is 46.1 Å². The summed E-state index contributed by atoms with van der Waals surface area (Å²) in [5.74, 6) is -1.18. The van der Waals surface area contributed by atoms with Crippen LogP contribution >= 0.6 is 0 Å². The van der Waals surface area contributed by atoms with E-state index in [4.69, 9.17) is 5.11 Å². The summed E-state index contributed by atoms with van der Waals surface area (Å²) in [6, 6.07) is 0.462. The molecular formula is C14H24N2O3. The van der Waals surface area contributed by atoms with Gasteiger partial charge in [0.25, 0.3) is 0 Å². The largest absolute Gasteiger partial charge is 0.480 e. The molecule has 5 heteroatoms. The smallest absolute Gasteiger partial charge is 0.322 e. The lowest BCUT2D eigenvalue weighted by Gasteiger charge is -2.39. The fourth-order valence-corrected chi connectivity index (χ4v) is 4.18. The highest BCUT2D eigenvalue weighted by Crippen LogP contribution is 2.52. The van der Waals surface area contributed by atoms with Gasteiger partial charge in [0.1, 0.15) is 6.54 Å². The summed E-state index contributed by atoms with van der Waals surface area (Å²) in [5.41, 5.74) is 0.642. The number of nitrogens with one attached hydrogen (secondary N) is 1. The van der Waals surface area contributed by atoms with E-state index in [1.54, 1.807) is 0 Å². The second kappa shape index (κ2) is 4.78. The molecule has 2 rings (SSSR count). The molecule has 1 saturated heterocycles. The summed E-state index contributed by atoms with van der Waals surface area (Å²) in [4.78, 5) is 24.4. The topological polar surface area (TPSA) is 69.6 Å². The molecule has 19 heavy (non-hydrogen) atoms. The number of carbonyl (C=O) groups is 2. The summed E-state index contributed by atoms with van der Waals surface area (Å²) in [7, 11) is 0. The highest BCUT2D eigenvalue weighted by Gasteiger charge is 2.49. The fraction of sp³-hybridized carbons (Fsp3) is 0.857. The van der Waals surface area contributed by atoms with Crippen LogP contribution in [-0.2, 0) is 9.59 Å². The van der Waals surface area contributed by atoms with Crippen molar-refractivity contribution in [2.75, 3.05) is 19.6 Å². The number of amides is 1. The summed E-state index contributed by atoms with van der Waals surface area (Å²) in [6.45, 7) is 7.87. The van der Waals surface area contributed by atoms with Crippen LogP contribution in [0.3, 0.4) is 0 Å². The van der Waals surface area contributed by atoms with Crippen molar-refractivity contribution in [2.24, 2.45) is 10.8 Å². The summed E-state index contributed by atoms with van der Waals surface area (Å²) >= 11 is 0. The van der Waals surface area contributed by atoms with Gasteiger partial charge in [0.15, 0.2) is 0 Å². The van der Waals surface area contributed by atoms with E-state index in [-0.39, 0.29) is 12.5 Å². The Hall–Kier alpha value is -1.10. The molecule has 5 nitrogen and oxygen atoms in total. The lowest BCUT2D eigenvalue weighted by Crippen LogP contribution is -2.42. The van der Waals surface area contributed by atoms with E-state index in [1.165, 1.54) is 6.42 Å². The summed E-state index contributed by atoms with van der Waals surface area (Å²) in [5, 5.41) is 11.0. The number of carboxylic acid groups (broad SMARTS) is 1. The van der Waals surface area contributed by atoms with Crippen molar-refractivity contribution in [3.05, 3.63) is 0 Å². The van der Waals surface area contributed by atoms with E-state index in [0.29, 0.717) is 23.4 Å². The second-order valence-corrected chi connectivity index (χ2v) is 7.29. The van der Waals surface area contributed by atoms with Gasteiger partial charge >= 0.3 is 5.97 Å². The Morgan fingerprint density at radius 2 is 2.00 bits per heavy atom. The van der Waals surface area contributed by atoms with Gasteiger partial charge in [0.05, 0.1) is 6.54 Å². The number of hydrogen-bond donors (Lipinski definition) is 2. The molecule has 1 saturated carbocycles. The first-order chi connectivity index (χ1) is 8.69. The first kappa shape index (κ1) is 14.3. The van der Waals surface area contributed by atoms with Gasteiger partial charge < -0.3 is 10.4 Å². The number of likely N-dealkylation sites (tertiary alicyclic amines) is 1. The van der Waals surface area contributed by atoms with E-state index >= 15 is 0 Å². The van der Waals surface area contributed by atoms with Crippen LogP contribution in [0.2, 0.25) is 0 Å². The number of carbonyl (C=O) groups excluding carboxylic acids is 1. The predicted molar refractivity (Wildman–Crippen MR) is 71.7 cm³/mol. The number of nitrogens with zero attached hydrogens (tertiary/aromatic N) is 1. The van der Waals surface area contributed by atoms with Gasteiger partial charge in [-0.05, 0) is 30.1 Å². The van der Waals surface area contributed by atoms with Crippen LogP contribution in [0.5, 0.6) is 0 Å². The first-order valence-electron chi connectivity index (χ1n) is 6.92. The zero-order valence-electron chi connectivity index (χ0n) is 12.0. The molecule has 2 unspecified atom stereocenters. The molecule has 0 aromatic carbocycles. The minimum atomic E-state index is -0.999. The maximum absolute atomic E-state index is 11.7. The molecule has 2 atom stereocenters.